The minimum absolute atomic E-state index is 0.329. The normalized spacial score (nSPS) is 13.1. The van der Waals surface area contributed by atoms with Crippen LogP contribution in [0.25, 0.3) is 11.1 Å². The van der Waals surface area contributed by atoms with E-state index in [1.807, 2.05) is 0 Å². The fraction of sp³-hybridized carbons (Fsp3) is 0.0769. The second-order valence-electron chi connectivity index (χ2n) is 5.51. The molecular formula is C13H8N2O10S2. The van der Waals surface area contributed by atoms with E-state index < -0.39 is 68.8 Å². The van der Waals surface area contributed by atoms with E-state index in [1.54, 1.807) is 0 Å². The highest BCUT2D eigenvalue weighted by molar-refractivity contribution is 7.86. The van der Waals surface area contributed by atoms with E-state index in [-0.39, 0.29) is 11.1 Å². The molecule has 3 rings (SSSR count). The maximum Gasteiger partial charge on any atom is 0.295 e. The predicted octanol–water partition coefficient (Wildman–Crippen LogP) is 1.57. The van der Waals surface area contributed by atoms with Gasteiger partial charge in [0.15, 0.2) is 0 Å². The molecule has 0 heterocycles. The SMILES string of the molecule is O=[N+]([O-])c1ccc(S(=O)(=O)O)c2c1Cc1c([N+](=O)[O-])ccc(S(=O)(=O)O)c1-2. The Bertz CT molecular complexity index is 1150. The van der Waals surface area contributed by atoms with Gasteiger partial charge in [0, 0.05) is 40.8 Å². The molecule has 0 unspecified atom stereocenters. The van der Waals surface area contributed by atoms with Crippen LogP contribution in [-0.2, 0) is 26.7 Å². The lowest BCUT2D eigenvalue weighted by atomic mass is 10.0. The Balaban J connectivity index is 2.59. The fourth-order valence-corrected chi connectivity index (χ4v) is 4.53. The molecule has 0 amide bonds. The van der Waals surface area contributed by atoms with Gasteiger partial charge >= 0.3 is 0 Å². The molecule has 0 fully saturated rings. The van der Waals surface area contributed by atoms with E-state index in [0.717, 1.165) is 12.1 Å². The Morgan fingerprint density at radius 1 is 0.741 bits per heavy atom. The Morgan fingerprint density at radius 2 is 1.07 bits per heavy atom. The van der Waals surface area contributed by atoms with Crippen LogP contribution in [0.3, 0.4) is 0 Å². The Labute approximate surface area is 150 Å². The summed E-state index contributed by atoms with van der Waals surface area (Å²) in [7, 11) is -9.96. The number of rotatable bonds is 4. The summed E-state index contributed by atoms with van der Waals surface area (Å²) in [5.41, 5.74) is -3.04. The lowest BCUT2D eigenvalue weighted by Gasteiger charge is -2.10. The lowest BCUT2D eigenvalue weighted by molar-refractivity contribution is -0.386. The first-order valence-corrected chi connectivity index (χ1v) is 9.78. The number of nitro benzene ring substituents is 2. The first kappa shape index (κ1) is 18.8. The van der Waals surface area contributed by atoms with E-state index in [1.165, 1.54) is 0 Å². The molecule has 0 spiro atoms. The van der Waals surface area contributed by atoms with E-state index in [4.69, 9.17) is 0 Å². The summed E-state index contributed by atoms with van der Waals surface area (Å²) in [6, 6.07) is 2.95. The van der Waals surface area contributed by atoms with Gasteiger partial charge in [-0.05, 0) is 12.1 Å². The number of benzene rings is 2. The molecule has 1 aliphatic rings. The van der Waals surface area contributed by atoms with Gasteiger partial charge < -0.3 is 0 Å². The topological polar surface area (TPSA) is 195 Å². The van der Waals surface area contributed by atoms with Crippen molar-refractivity contribution in [1.82, 2.24) is 0 Å². The molecule has 0 bridgehead atoms. The summed E-state index contributed by atoms with van der Waals surface area (Å²) in [6.07, 6.45) is -0.538. The van der Waals surface area contributed by atoms with Gasteiger partial charge in [0.2, 0.25) is 0 Å². The predicted molar refractivity (Wildman–Crippen MR) is 87.6 cm³/mol. The van der Waals surface area contributed by atoms with Crippen LogP contribution >= 0.6 is 0 Å². The van der Waals surface area contributed by atoms with Crippen LogP contribution in [0.1, 0.15) is 11.1 Å². The molecule has 2 aromatic rings. The van der Waals surface area contributed by atoms with Gasteiger partial charge in [0.25, 0.3) is 31.6 Å². The highest BCUT2D eigenvalue weighted by Crippen LogP contribution is 2.50. The lowest BCUT2D eigenvalue weighted by Crippen LogP contribution is -2.06. The molecule has 0 aromatic heterocycles. The van der Waals surface area contributed by atoms with Crippen molar-refractivity contribution < 1.29 is 35.8 Å². The standard InChI is InChI=1S/C13H8N2O10S2/c16-14(17)8-1-3-10(26(20,21)22)12-6(8)5-7-9(15(18)19)2-4-11(13(7)12)27(23,24)25/h1-4H,5H2,(H,20,21,22)(H,23,24,25). The largest absolute Gasteiger partial charge is 0.295 e. The second-order valence-corrected chi connectivity index (χ2v) is 8.29. The van der Waals surface area contributed by atoms with Crippen LogP contribution in [0.5, 0.6) is 0 Å². The van der Waals surface area contributed by atoms with Gasteiger partial charge in [-0.1, -0.05) is 0 Å². The summed E-state index contributed by atoms with van der Waals surface area (Å²) in [5, 5.41) is 22.5. The van der Waals surface area contributed by atoms with Crippen molar-refractivity contribution in [2.45, 2.75) is 16.2 Å². The molecule has 1 aliphatic carbocycles. The fourth-order valence-electron chi connectivity index (χ4n) is 3.09. The zero-order valence-corrected chi connectivity index (χ0v) is 14.5. The van der Waals surface area contributed by atoms with Crippen molar-refractivity contribution in [1.29, 1.82) is 0 Å². The molecular weight excluding hydrogens is 408 g/mol. The van der Waals surface area contributed by atoms with Crippen molar-refractivity contribution >= 4 is 31.6 Å². The summed E-state index contributed by atoms with van der Waals surface area (Å²) < 4.78 is 65.7. The minimum Gasteiger partial charge on any atom is -0.282 e. The van der Waals surface area contributed by atoms with E-state index in [9.17, 15) is 46.2 Å². The van der Waals surface area contributed by atoms with Gasteiger partial charge in [-0.25, -0.2) is 0 Å². The van der Waals surface area contributed by atoms with Gasteiger partial charge in [0.05, 0.1) is 9.85 Å². The monoisotopic (exact) mass is 416 g/mol. The Kier molecular flexibility index (Phi) is 4.03. The van der Waals surface area contributed by atoms with Crippen LogP contribution in [0, 0.1) is 20.2 Å². The second kappa shape index (κ2) is 5.78. The summed E-state index contributed by atoms with van der Waals surface area (Å²) in [4.78, 5) is 19.0. The van der Waals surface area contributed by atoms with Crippen molar-refractivity contribution in [2.24, 2.45) is 0 Å². The molecule has 0 saturated heterocycles. The first-order chi connectivity index (χ1) is 12.3. The van der Waals surface area contributed by atoms with E-state index in [0.29, 0.717) is 12.1 Å². The zero-order valence-electron chi connectivity index (χ0n) is 12.9. The van der Waals surface area contributed by atoms with Crippen LogP contribution in [0.15, 0.2) is 34.1 Å². The summed E-state index contributed by atoms with van der Waals surface area (Å²) in [6.45, 7) is 0. The van der Waals surface area contributed by atoms with E-state index in [2.05, 4.69) is 0 Å². The van der Waals surface area contributed by atoms with Gasteiger partial charge in [-0.2, -0.15) is 16.8 Å². The molecule has 0 atom stereocenters. The Morgan fingerprint density at radius 3 is 1.33 bits per heavy atom. The molecule has 12 nitrogen and oxygen atoms in total. The highest BCUT2D eigenvalue weighted by Gasteiger charge is 2.39. The van der Waals surface area contributed by atoms with Crippen LogP contribution in [0.2, 0.25) is 0 Å². The third kappa shape index (κ3) is 2.93. The molecule has 0 radical (unpaired) electrons. The van der Waals surface area contributed by atoms with Crippen molar-refractivity contribution in [3.05, 3.63) is 55.6 Å². The van der Waals surface area contributed by atoms with Crippen molar-refractivity contribution in [3.63, 3.8) is 0 Å². The highest BCUT2D eigenvalue weighted by atomic mass is 32.2. The minimum atomic E-state index is -4.98. The van der Waals surface area contributed by atoms with Gasteiger partial charge in [-0.15, -0.1) is 0 Å². The average molecular weight is 416 g/mol. The van der Waals surface area contributed by atoms with Crippen LogP contribution in [-0.4, -0.2) is 35.8 Å². The van der Waals surface area contributed by atoms with Crippen molar-refractivity contribution in [3.8, 4) is 11.1 Å². The Hall–Kier alpha value is -2.94. The summed E-state index contributed by atoms with van der Waals surface area (Å²) in [5.74, 6) is 0. The number of fused-ring (bicyclic) bond motifs is 3. The van der Waals surface area contributed by atoms with Crippen LogP contribution < -0.4 is 0 Å². The third-order valence-corrected chi connectivity index (χ3v) is 5.84. The molecule has 0 aliphatic heterocycles. The van der Waals surface area contributed by atoms with Gasteiger partial charge in [0.1, 0.15) is 9.79 Å². The maximum absolute atomic E-state index is 11.7. The summed E-state index contributed by atoms with van der Waals surface area (Å²) >= 11 is 0. The quantitative estimate of drug-likeness (QED) is 0.358. The van der Waals surface area contributed by atoms with E-state index >= 15 is 0 Å². The first-order valence-electron chi connectivity index (χ1n) is 6.90. The molecule has 14 heteroatoms. The average Bonchev–Trinajstić information content (AvgIpc) is 2.90. The molecule has 2 aromatic carbocycles. The molecule has 2 N–H and O–H groups in total. The van der Waals surface area contributed by atoms with Gasteiger partial charge in [-0.3, -0.25) is 29.3 Å². The molecule has 27 heavy (non-hydrogen) atoms. The molecule has 0 saturated carbocycles. The number of hydrogen-bond acceptors (Lipinski definition) is 8. The number of hydrogen-bond donors (Lipinski definition) is 2. The zero-order chi connectivity index (χ0) is 20.3. The molecule has 142 valence electrons. The maximum atomic E-state index is 11.7. The van der Waals surface area contributed by atoms with Crippen molar-refractivity contribution in [2.75, 3.05) is 0 Å². The van der Waals surface area contributed by atoms with Crippen LogP contribution in [0.4, 0.5) is 11.4 Å². The number of nitro groups is 2. The number of nitrogens with zero attached hydrogens (tertiary/aromatic N) is 2. The smallest absolute Gasteiger partial charge is 0.282 e. The third-order valence-electron chi connectivity index (χ3n) is 4.05.